The number of carbonyl (C=O) groups excluding carboxylic acids is 2. The van der Waals surface area contributed by atoms with Crippen LogP contribution in [0.25, 0.3) is 0 Å². The van der Waals surface area contributed by atoms with Crippen molar-refractivity contribution in [3.8, 4) is 0 Å². The van der Waals surface area contributed by atoms with Crippen molar-refractivity contribution in [2.75, 3.05) is 11.9 Å². The molecule has 0 bridgehead atoms. The van der Waals surface area contributed by atoms with Crippen LogP contribution in [0, 0.1) is 0 Å². The summed E-state index contributed by atoms with van der Waals surface area (Å²) in [6.07, 6.45) is 0. The van der Waals surface area contributed by atoms with Gasteiger partial charge in [-0.25, -0.2) is 4.98 Å². The third kappa shape index (κ3) is 1.06. The molecule has 2 rings (SSSR count). The minimum Gasteiger partial charge on any atom is -0.342 e. The molecule has 0 aliphatic carbocycles. The lowest BCUT2D eigenvalue weighted by molar-refractivity contribution is -0.115. The van der Waals surface area contributed by atoms with Crippen LogP contribution in [-0.4, -0.2) is 23.3 Å². The average molecular weight is 183 g/mol. The van der Waals surface area contributed by atoms with Gasteiger partial charge < -0.3 is 10.6 Å². The molecule has 0 atom stereocenters. The maximum Gasteiger partial charge on any atom is 0.265 e. The van der Waals surface area contributed by atoms with Gasteiger partial charge in [-0.05, 0) is 0 Å². The summed E-state index contributed by atoms with van der Waals surface area (Å²) in [4.78, 5) is 26.4. The Hall–Kier alpha value is -1.43. The first-order valence-electron chi connectivity index (χ1n) is 3.29. The summed E-state index contributed by atoms with van der Waals surface area (Å²) in [5.41, 5.74) is 1.52. The number of hydrogen-bond acceptors (Lipinski definition) is 4. The van der Waals surface area contributed by atoms with Crippen LogP contribution in [0.5, 0.6) is 0 Å². The van der Waals surface area contributed by atoms with Crippen molar-refractivity contribution in [3.63, 3.8) is 0 Å². The topological polar surface area (TPSA) is 71.1 Å². The molecule has 12 heavy (non-hydrogen) atoms. The van der Waals surface area contributed by atoms with Gasteiger partial charge in [0.1, 0.15) is 4.88 Å². The van der Waals surface area contributed by atoms with Crippen LogP contribution < -0.4 is 10.6 Å². The molecule has 1 aromatic heterocycles. The molecule has 0 unspecified atom stereocenters. The maximum absolute atomic E-state index is 11.2. The molecule has 0 spiro atoms. The lowest BCUT2D eigenvalue weighted by atomic mass is 10.5. The second-order valence-corrected chi connectivity index (χ2v) is 3.12. The predicted molar refractivity (Wildman–Crippen MR) is 43.1 cm³/mol. The summed E-state index contributed by atoms with van der Waals surface area (Å²) in [6, 6.07) is 0. The number of amides is 2. The molecule has 0 saturated carbocycles. The summed E-state index contributed by atoms with van der Waals surface area (Å²) >= 11 is 1.21. The molecular formula is C6H5N3O2S. The van der Waals surface area contributed by atoms with Crippen molar-refractivity contribution < 1.29 is 9.59 Å². The van der Waals surface area contributed by atoms with Gasteiger partial charge in [0.05, 0.1) is 12.1 Å². The second-order valence-electron chi connectivity index (χ2n) is 2.26. The summed E-state index contributed by atoms with van der Waals surface area (Å²) in [5, 5.41) is 4.97. The highest BCUT2D eigenvalue weighted by molar-refractivity contribution is 7.12. The lowest BCUT2D eigenvalue weighted by Crippen LogP contribution is -2.28. The largest absolute Gasteiger partial charge is 0.342 e. The number of thiazole rings is 1. The van der Waals surface area contributed by atoms with E-state index in [2.05, 4.69) is 15.6 Å². The van der Waals surface area contributed by atoms with E-state index in [4.69, 9.17) is 0 Å². The van der Waals surface area contributed by atoms with Gasteiger partial charge in [-0.15, -0.1) is 11.3 Å². The Labute approximate surface area is 71.8 Å². The van der Waals surface area contributed by atoms with Gasteiger partial charge in [0.2, 0.25) is 5.91 Å². The maximum atomic E-state index is 11.2. The van der Waals surface area contributed by atoms with Gasteiger partial charge in [-0.1, -0.05) is 0 Å². The van der Waals surface area contributed by atoms with E-state index in [9.17, 15) is 9.59 Å². The minimum absolute atomic E-state index is 0.0158. The van der Waals surface area contributed by atoms with Crippen LogP contribution in [0.3, 0.4) is 0 Å². The zero-order valence-corrected chi connectivity index (χ0v) is 6.77. The van der Waals surface area contributed by atoms with Crippen molar-refractivity contribution in [1.29, 1.82) is 0 Å². The normalized spacial score (nSPS) is 16.0. The number of rotatable bonds is 0. The first kappa shape index (κ1) is 7.23. The summed E-state index contributed by atoms with van der Waals surface area (Å²) in [5.74, 6) is -0.126. The lowest BCUT2D eigenvalue weighted by Gasteiger charge is -1.94. The molecule has 62 valence electrons. The molecular weight excluding hydrogens is 178 g/mol. The number of nitrogens with zero attached hydrogens (tertiary/aromatic N) is 1. The van der Waals surface area contributed by atoms with Crippen LogP contribution in [-0.2, 0) is 4.79 Å². The van der Waals surface area contributed by atoms with E-state index in [1.54, 1.807) is 0 Å². The third-order valence-corrected chi connectivity index (χ3v) is 2.27. The van der Waals surface area contributed by atoms with E-state index in [1.165, 1.54) is 16.8 Å². The highest BCUT2D eigenvalue weighted by atomic mass is 32.1. The van der Waals surface area contributed by atoms with E-state index < -0.39 is 0 Å². The van der Waals surface area contributed by atoms with Crippen LogP contribution in [0.2, 0.25) is 0 Å². The van der Waals surface area contributed by atoms with Crippen molar-refractivity contribution >= 4 is 29.0 Å². The van der Waals surface area contributed by atoms with Crippen LogP contribution in [0.1, 0.15) is 9.67 Å². The van der Waals surface area contributed by atoms with E-state index in [-0.39, 0.29) is 18.4 Å². The molecule has 1 aliphatic heterocycles. The second kappa shape index (κ2) is 2.56. The van der Waals surface area contributed by atoms with Crippen molar-refractivity contribution in [1.82, 2.24) is 10.3 Å². The Morgan fingerprint density at radius 3 is 3.17 bits per heavy atom. The number of carbonyl (C=O) groups is 2. The Morgan fingerprint density at radius 2 is 2.33 bits per heavy atom. The summed E-state index contributed by atoms with van der Waals surface area (Å²) in [6.45, 7) is 0.0158. The number of fused-ring (bicyclic) bond motifs is 1. The predicted octanol–water partition coefficient (Wildman–Crippen LogP) is -0.175. The first-order valence-corrected chi connectivity index (χ1v) is 4.17. The van der Waals surface area contributed by atoms with Gasteiger partial charge >= 0.3 is 0 Å². The number of aromatic nitrogens is 1. The molecule has 0 aromatic carbocycles. The van der Waals surface area contributed by atoms with Gasteiger partial charge in [-0.2, -0.15) is 0 Å². The minimum atomic E-state index is -0.245. The summed E-state index contributed by atoms with van der Waals surface area (Å²) < 4.78 is 0. The van der Waals surface area contributed by atoms with E-state index in [0.29, 0.717) is 10.7 Å². The highest BCUT2D eigenvalue weighted by Gasteiger charge is 2.20. The van der Waals surface area contributed by atoms with Crippen molar-refractivity contribution in [2.45, 2.75) is 0 Å². The average Bonchev–Trinajstić information content (AvgIpc) is 2.44. The van der Waals surface area contributed by atoms with Crippen molar-refractivity contribution in [3.05, 3.63) is 10.4 Å². The quantitative estimate of drug-likeness (QED) is 0.586. The number of hydrogen-bond donors (Lipinski definition) is 2. The fraction of sp³-hybridized carbons (Fsp3) is 0.167. The Balaban J connectivity index is 2.45. The van der Waals surface area contributed by atoms with Crippen LogP contribution >= 0.6 is 11.3 Å². The van der Waals surface area contributed by atoms with E-state index >= 15 is 0 Å². The molecule has 0 saturated heterocycles. The SMILES string of the molecule is O=C1CNC(=O)c2scnc2N1. The van der Waals surface area contributed by atoms with Crippen molar-refractivity contribution in [2.24, 2.45) is 0 Å². The highest BCUT2D eigenvalue weighted by Crippen LogP contribution is 2.19. The van der Waals surface area contributed by atoms with Crippen LogP contribution in [0.15, 0.2) is 5.51 Å². The molecule has 2 N–H and O–H groups in total. The van der Waals surface area contributed by atoms with Gasteiger partial charge in [0, 0.05) is 0 Å². The smallest absolute Gasteiger partial charge is 0.265 e. The Kier molecular flexibility index (Phi) is 1.54. The Bertz CT molecular complexity index is 346. The van der Waals surface area contributed by atoms with Gasteiger partial charge in [0.25, 0.3) is 5.91 Å². The van der Waals surface area contributed by atoms with Gasteiger partial charge in [-0.3, -0.25) is 9.59 Å². The molecule has 0 radical (unpaired) electrons. The monoisotopic (exact) mass is 183 g/mol. The summed E-state index contributed by atoms with van der Waals surface area (Å²) in [7, 11) is 0. The van der Waals surface area contributed by atoms with E-state index in [1.807, 2.05) is 0 Å². The fourth-order valence-corrected chi connectivity index (χ4v) is 1.57. The molecule has 1 aromatic rings. The standard InChI is InChI=1S/C6H5N3O2S/c10-3-1-7-6(11)4-5(9-3)8-2-12-4/h2H,1H2,(H,7,11)(H,9,10). The van der Waals surface area contributed by atoms with Crippen LogP contribution in [0.4, 0.5) is 5.82 Å². The number of anilines is 1. The van der Waals surface area contributed by atoms with Gasteiger partial charge in [0.15, 0.2) is 5.82 Å². The zero-order valence-electron chi connectivity index (χ0n) is 5.96. The first-order chi connectivity index (χ1) is 5.77. The third-order valence-electron chi connectivity index (χ3n) is 1.44. The Morgan fingerprint density at radius 1 is 1.50 bits per heavy atom. The fourth-order valence-electron chi connectivity index (χ4n) is 0.913. The van der Waals surface area contributed by atoms with E-state index in [0.717, 1.165) is 0 Å². The zero-order chi connectivity index (χ0) is 8.55. The molecule has 0 fully saturated rings. The molecule has 2 heterocycles. The molecule has 1 aliphatic rings. The molecule has 6 heteroatoms. The molecule has 5 nitrogen and oxygen atoms in total. The molecule has 2 amide bonds. The number of nitrogens with one attached hydrogen (secondary N) is 2.